The fraction of sp³-hybridized carbons (Fsp3) is 0. The van der Waals surface area contributed by atoms with Crippen LogP contribution in [0.4, 0.5) is 4.39 Å². The summed E-state index contributed by atoms with van der Waals surface area (Å²) < 4.78 is 14.0. The molecule has 66 valence electrons. The molecule has 0 bridgehead atoms. The van der Waals surface area contributed by atoms with Gasteiger partial charge in [-0.05, 0) is 12.1 Å². The number of carbonyl (C=O) groups is 1. The number of fused-ring (bicyclic) bond motifs is 1. The van der Waals surface area contributed by atoms with Crippen LogP contribution in [-0.4, -0.2) is 20.5 Å². The number of hydrogen-bond donors (Lipinski definition) is 1. The Bertz CT molecular complexity index is 478. The third-order valence-electron chi connectivity index (χ3n) is 1.70. The van der Waals surface area contributed by atoms with Gasteiger partial charge in [0.2, 0.25) is 0 Å². The van der Waals surface area contributed by atoms with Gasteiger partial charge in [-0.15, -0.1) is 0 Å². The zero-order chi connectivity index (χ0) is 9.42. The van der Waals surface area contributed by atoms with Gasteiger partial charge >= 0.3 is 5.97 Å². The van der Waals surface area contributed by atoms with Crippen molar-refractivity contribution >= 4 is 11.5 Å². The van der Waals surface area contributed by atoms with Gasteiger partial charge in [-0.1, -0.05) is 0 Å². The fourth-order valence-corrected chi connectivity index (χ4v) is 1.14. The number of nitrogens with zero attached hydrogens (tertiary/aromatic N) is 2. The molecule has 0 aromatic carbocycles. The summed E-state index contributed by atoms with van der Waals surface area (Å²) in [4.78, 5) is 14.2. The van der Waals surface area contributed by atoms with Crippen molar-refractivity contribution in [3.05, 3.63) is 36.2 Å². The molecule has 4 nitrogen and oxygen atoms in total. The normalized spacial score (nSPS) is 10.5. The molecule has 5 heteroatoms. The summed E-state index contributed by atoms with van der Waals surface area (Å²) in [5, 5.41) is 8.67. The minimum atomic E-state index is -1.12. The minimum Gasteiger partial charge on any atom is -0.476 e. The molecule has 0 spiro atoms. The summed E-state index contributed by atoms with van der Waals surface area (Å²) in [6.45, 7) is 0. The average molecular weight is 180 g/mol. The first-order valence-corrected chi connectivity index (χ1v) is 3.54. The van der Waals surface area contributed by atoms with E-state index >= 15 is 0 Å². The number of aromatic nitrogens is 2. The molecule has 1 N–H and O–H groups in total. The predicted molar refractivity (Wildman–Crippen MR) is 42.1 cm³/mol. The molecule has 2 aromatic rings. The highest BCUT2D eigenvalue weighted by atomic mass is 19.1. The van der Waals surface area contributed by atoms with Crippen LogP contribution in [0, 0.1) is 5.82 Å². The van der Waals surface area contributed by atoms with E-state index in [4.69, 9.17) is 5.11 Å². The Balaban J connectivity index is 2.76. The highest BCUT2D eigenvalue weighted by Gasteiger charge is 2.10. The van der Waals surface area contributed by atoms with Crippen LogP contribution >= 0.6 is 0 Å². The van der Waals surface area contributed by atoms with E-state index in [1.165, 1.54) is 29.1 Å². The van der Waals surface area contributed by atoms with Gasteiger partial charge in [0, 0.05) is 6.20 Å². The maximum Gasteiger partial charge on any atom is 0.356 e. The molecule has 0 amide bonds. The Kier molecular flexibility index (Phi) is 1.51. The van der Waals surface area contributed by atoms with E-state index in [0.717, 1.165) is 0 Å². The number of halogens is 1. The number of hydrogen-bond acceptors (Lipinski definition) is 2. The lowest BCUT2D eigenvalue weighted by Crippen LogP contribution is -1.97. The molecular weight excluding hydrogens is 175 g/mol. The van der Waals surface area contributed by atoms with Crippen molar-refractivity contribution in [2.24, 2.45) is 0 Å². The highest BCUT2D eigenvalue weighted by molar-refractivity contribution is 5.93. The second-order valence-corrected chi connectivity index (χ2v) is 2.54. The van der Waals surface area contributed by atoms with Crippen LogP contribution in [-0.2, 0) is 0 Å². The van der Waals surface area contributed by atoms with Crippen LogP contribution in [0.5, 0.6) is 0 Å². The number of aromatic carboxylic acids is 1. The lowest BCUT2D eigenvalue weighted by Gasteiger charge is -1.93. The summed E-state index contributed by atoms with van der Waals surface area (Å²) in [5.41, 5.74) is 0.314. The molecule has 0 saturated heterocycles. The Morgan fingerprint density at radius 2 is 2.31 bits per heavy atom. The molecule has 2 heterocycles. The van der Waals surface area contributed by atoms with E-state index < -0.39 is 11.8 Å². The zero-order valence-electron chi connectivity index (χ0n) is 6.44. The van der Waals surface area contributed by atoms with Crippen LogP contribution in [0.15, 0.2) is 24.7 Å². The lowest BCUT2D eigenvalue weighted by molar-refractivity contribution is 0.0693. The van der Waals surface area contributed by atoms with Gasteiger partial charge in [-0.3, -0.25) is 0 Å². The molecule has 0 aliphatic rings. The summed E-state index contributed by atoms with van der Waals surface area (Å²) in [6, 6.07) is 2.58. The molecule has 0 aliphatic heterocycles. The first-order chi connectivity index (χ1) is 6.18. The zero-order valence-corrected chi connectivity index (χ0v) is 6.44. The summed E-state index contributed by atoms with van der Waals surface area (Å²) in [5.74, 6) is -1.55. The molecule has 0 aliphatic carbocycles. The van der Waals surface area contributed by atoms with Crippen molar-refractivity contribution in [1.29, 1.82) is 0 Å². The minimum absolute atomic E-state index is 0.0694. The molecule has 0 atom stereocenters. The molecule has 0 radical (unpaired) electrons. The summed E-state index contributed by atoms with van der Waals surface area (Å²) in [6.07, 6.45) is 2.44. The Labute approximate surface area is 72.3 Å². The van der Waals surface area contributed by atoms with Gasteiger partial charge in [0.1, 0.15) is 12.1 Å². The fourth-order valence-electron chi connectivity index (χ4n) is 1.14. The quantitative estimate of drug-likeness (QED) is 0.716. The van der Waals surface area contributed by atoms with Crippen molar-refractivity contribution < 1.29 is 14.3 Å². The van der Waals surface area contributed by atoms with Gasteiger partial charge in [0.15, 0.2) is 5.69 Å². The smallest absolute Gasteiger partial charge is 0.356 e. The third-order valence-corrected chi connectivity index (χ3v) is 1.70. The summed E-state index contributed by atoms with van der Waals surface area (Å²) >= 11 is 0. The Morgan fingerprint density at radius 3 is 3.00 bits per heavy atom. The average Bonchev–Trinajstić information content (AvgIpc) is 2.46. The second kappa shape index (κ2) is 2.55. The van der Waals surface area contributed by atoms with Crippen molar-refractivity contribution in [3.63, 3.8) is 0 Å². The molecule has 2 rings (SSSR count). The SMILES string of the molecule is O=C(O)c1ncn2cc(F)ccc12. The van der Waals surface area contributed by atoms with Crippen molar-refractivity contribution in [3.8, 4) is 0 Å². The number of carboxylic acids is 1. The molecule has 2 aromatic heterocycles. The highest BCUT2D eigenvalue weighted by Crippen LogP contribution is 2.10. The number of carboxylic acid groups (broad SMARTS) is 1. The number of rotatable bonds is 1. The molecule has 13 heavy (non-hydrogen) atoms. The van der Waals surface area contributed by atoms with E-state index in [2.05, 4.69) is 4.98 Å². The van der Waals surface area contributed by atoms with Crippen LogP contribution in [0.2, 0.25) is 0 Å². The van der Waals surface area contributed by atoms with E-state index in [0.29, 0.717) is 5.52 Å². The van der Waals surface area contributed by atoms with Gasteiger partial charge < -0.3 is 9.51 Å². The lowest BCUT2D eigenvalue weighted by atomic mass is 10.3. The van der Waals surface area contributed by atoms with E-state index in [-0.39, 0.29) is 5.69 Å². The first kappa shape index (κ1) is 7.72. The van der Waals surface area contributed by atoms with Crippen molar-refractivity contribution in [1.82, 2.24) is 9.38 Å². The molecular formula is C8H5FN2O2. The summed E-state index contributed by atoms with van der Waals surface area (Å²) in [7, 11) is 0. The maximum absolute atomic E-state index is 12.7. The van der Waals surface area contributed by atoms with Gasteiger partial charge in [0.05, 0.1) is 5.52 Å². The largest absolute Gasteiger partial charge is 0.476 e. The molecule has 0 unspecified atom stereocenters. The van der Waals surface area contributed by atoms with Crippen molar-refractivity contribution in [2.45, 2.75) is 0 Å². The maximum atomic E-state index is 12.7. The topological polar surface area (TPSA) is 54.6 Å². The number of imidazole rings is 1. The van der Waals surface area contributed by atoms with Crippen LogP contribution in [0.1, 0.15) is 10.5 Å². The van der Waals surface area contributed by atoms with Gasteiger partial charge in [-0.25, -0.2) is 14.2 Å². The van der Waals surface area contributed by atoms with Crippen molar-refractivity contribution in [2.75, 3.05) is 0 Å². The Morgan fingerprint density at radius 1 is 1.54 bits per heavy atom. The number of pyridine rings is 1. The first-order valence-electron chi connectivity index (χ1n) is 3.54. The van der Waals surface area contributed by atoms with E-state index in [9.17, 15) is 9.18 Å². The Hall–Kier alpha value is -1.91. The third kappa shape index (κ3) is 1.14. The van der Waals surface area contributed by atoms with Crippen LogP contribution in [0.25, 0.3) is 5.52 Å². The predicted octanol–water partition coefficient (Wildman–Crippen LogP) is 1.17. The van der Waals surface area contributed by atoms with Crippen LogP contribution in [0.3, 0.4) is 0 Å². The molecule has 0 fully saturated rings. The van der Waals surface area contributed by atoms with Gasteiger partial charge in [-0.2, -0.15) is 0 Å². The van der Waals surface area contributed by atoms with E-state index in [1.807, 2.05) is 0 Å². The molecule has 0 saturated carbocycles. The van der Waals surface area contributed by atoms with E-state index in [1.54, 1.807) is 0 Å². The van der Waals surface area contributed by atoms with Crippen LogP contribution < -0.4 is 0 Å². The standard InChI is InChI=1S/C8H5FN2O2/c9-5-1-2-6-7(8(12)13)10-4-11(6)3-5/h1-4H,(H,12,13). The van der Waals surface area contributed by atoms with Gasteiger partial charge in [0.25, 0.3) is 0 Å². The second-order valence-electron chi connectivity index (χ2n) is 2.54. The monoisotopic (exact) mass is 180 g/mol.